The van der Waals surface area contributed by atoms with Crippen LogP contribution in [0.5, 0.6) is 0 Å². The maximum absolute atomic E-state index is 13.0. The lowest BCUT2D eigenvalue weighted by atomic mass is 9.95. The van der Waals surface area contributed by atoms with Crippen molar-refractivity contribution in [3.8, 4) is 0 Å². The fourth-order valence-corrected chi connectivity index (χ4v) is 7.31. The standard InChI is InChI=1S/C22H32N4O4S2/c1-16-21(17(2)30-24-16)32(28,29)26-10-7-19(8-11-26)22(27)23-13-18-5-3-9-25(14-18)15-20-6-4-12-31-20/h4,6,12,18-19H,3,5,7-11,13-15H2,1-2H3,(H,23,27). The molecule has 2 aromatic heterocycles. The number of amides is 1. The van der Waals surface area contributed by atoms with Gasteiger partial charge < -0.3 is 9.84 Å². The van der Waals surface area contributed by atoms with Crippen LogP contribution in [0.3, 0.4) is 0 Å². The maximum atomic E-state index is 13.0. The smallest absolute Gasteiger partial charge is 0.248 e. The van der Waals surface area contributed by atoms with Crippen molar-refractivity contribution in [1.82, 2.24) is 19.7 Å². The molecule has 1 amide bonds. The molecule has 2 aliphatic heterocycles. The van der Waals surface area contributed by atoms with Crippen LogP contribution >= 0.6 is 11.3 Å². The quantitative estimate of drug-likeness (QED) is 0.655. The zero-order valence-corrected chi connectivity index (χ0v) is 20.4. The number of aryl methyl sites for hydroxylation is 2. The van der Waals surface area contributed by atoms with Crippen LogP contribution in [-0.4, -0.2) is 61.4 Å². The van der Waals surface area contributed by atoms with Crippen molar-refractivity contribution in [2.24, 2.45) is 11.8 Å². The van der Waals surface area contributed by atoms with Gasteiger partial charge in [-0.05, 0) is 63.4 Å². The van der Waals surface area contributed by atoms with Crippen molar-refractivity contribution in [2.75, 3.05) is 32.7 Å². The van der Waals surface area contributed by atoms with Gasteiger partial charge in [0.15, 0.2) is 5.76 Å². The lowest BCUT2D eigenvalue weighted by Crippen LogP contribution is -2.45. The monoisotopic (exact) mass is 480 g/mol. The average molecular weight is 481 g/mol. The minimum atomic E-state index is -3.65. The van der Waals surface area contributed by atoms with Gasteiger partial charge in [-0.2, -0.15) is 4.31 Å². The number of aromatic nitrogens is 1. The van der Waals surface area contributed by atoms with Crippen LogP contribution in [0.25, 0.3) is 0 Å². The summed E-state index contributed by atoms with van der Waals surface area (Å²) in [6.07, 6.45) is 3.35. The van der Waals surface area contributed by atoms with Crippen molar-refractivity contribution in [2.45, 2.75) is 51.0 Å². The molecule has 2 fully saturated rings. The summed E-state index contributed by atoms with van der Waals surface area (Å²) < 4.78 is 32.4. The van der Waals surface area contributed by atoms with Crippen LogP contribution in [-0.2, 0) is 21.4 Å². The second-order valence-electron chi connectivity index (χ2n) is 8.90. The summed E-state index contributed by atoms with van der Waals surface area (Å²) in [5.41, 5.74) is 0.378. The summed E-state index contributed by atoms with van der Waals surface area (Å²) in [5, 5.41) is 9.03. The highest BCUT2D eigenvalue weighted by atomic mass is 32.2. The number of sulfonamides is 1. The first-order valence-electron chi connectivity index (χ1n) is 11.3. The molecule has 1 N–H and O–H groups in total. The molecule has 32 heavy (non-hydrogen) atoms. The summed E-state index contributed by atoms with van der Waals surface area (Å²) in [5.74, 6) is 0.683. The second-order valence-corrected chi connectivity index (χ2v) is 11.8. The van der Waals surface area contributed by atoms with Gasteiger partial charge in [0.05, 0.1) is 0 Å². The Labute approximate surface area is 194 Å². The van der Waals surface area contributed by atoms with Crippen molar-refractivity contribution in [3.05, 3.63) is 33.8 Å². The van der Waals surface area contributed by atoms with Crippen LogP contribution in [0, 0.1) is 25.7 Å². The van der Waals surface area contributed by atoms with E-state index in [-0.39, 0.29) is 16.7 Å². The lowest BCUT2D eigenvalue weighted by molar-refractivity contribution is -0.126. The largest absolute Gasteiger partial charge is 0.360 e. The number of hydrogen-bond acceptors (Lipinski definition) is 7. The number of nitrogens with zero attached hydrogens (tertiary/aromatic N) is 3. The fraction of sp³-hybridized carbons (Fsp3) is 0.636. The number of nitrogens with one attached hydrogen (secondary N) is 1. The SMILES string of the molecule is Cc1noc(C)c1S(=O)(=O)N1CCC(C(=O)NCC2CCCN(Cc3cccs3)C2)CC1. The summed E-state index contributed by atoms with van der Waals surface area (Å²) in [6.45, 7) is 7.71. The average Bonchev–Trinajstić information content (AvgIpc) is 3.41. The first-order valence-corrected chi connectivity index (χ1v) is 13.6. The van der Waals surface area contributed by atoms with E-state index in [9.17, 15) is 13.2 Å². The normalized spacial score (nSPS) is 21.6. The van der Waals surface area contributed by atoms with E-state index < -0.39 is 10.0 Å². The molecule has 4 rings (SSSR count). The Hall–Kier alpha value is -1.75. The Morgan fingerprint density at radius 1 is 1.25 bits per heavy atom. The molecule has 0 aromatic carbocycles. The number of hydrogen-bond donors (Lipinski definition) is 1. The molecular weight excluding hydrogens is 448 g/mol. The topological polar surface area (TPSA) is 95.8 Å². The van der Waals surface area contributed by atoms with E-state index in [1.54, 1.807) is 25.2 Å². The minimum absolute atomic E-state index is 0.0507. The minimum Gasteiger partial charge on any atom is -0.360 e. The molecule has 1 unspecified atom stereocenters. The third kappa shape index (κ3) is 5.24. The molecule has 0 radical (unpaired) electrons. The van der Waals surface area contributed by atoms with Gasteiger partial charge in [0.2, 0.25) is 15.9 Å². The molecule has 1 atom stereocenters. The van der Waals surface area contributed by atoms with Gasteiger partial charge >= 0.3 is 0 Å². The Morgan fingerprint density at radius 2 is 2.03 bits per heavy atom. The molecule has 0 saturated carbocycles. The van der Waals surface area contributed by atoms with Gasteiger partial charge in [-0.3, -0.25) is 9.69 Å². The Balaban J connectivity index is 1.24. The highest BCUT2D eigenvalue weighted by Gasteiger charge is 2.35. The van der Waals surface area contributed by atoms with Gasteiger partial charge in [0.1, 0.15) is 10.6 Å². The Bertz CT molecular complexity index is 991. The fourth-order valence-electron chi connectivity index (χ4n) is 4.80. The molecule has 2 saturated heterocycles. The Kier molecular flexibility index (Phi) is 7.34. The lowest BCUT2D eigenvalue weighted by Gasteiger charge is -2.33. The summed E-state index contributed by atoms with van der Waals surface area (Å²) in [4.78, 5) is 16.8. The predicted molar refractivity (Wildman–Crippen MR) is 123 cm³/mol. The first kappa shape index (κ1) is 23.4. The van der Waals surface area contributed by atoms with Crippen LogP contribution in [0.2, 0.25) is 0 Å². The number of piperidine rings is 2. The second kappa shape index (κ2) is 10.0. The molecule has 8 nitrogen and oxygen atoms in total. The molecule has 2 aromatic rings. The van der Waals surface area contributed by atoms with Crippen molar-refractivity contribution in [3.63, 3.8) is 0 Å². The first-order chi connectivity index (χ1) is 15.3. The van der Waals surface area contributed by atoms with Gasteiger partial charge in [-0.1, -0.05) is 11.2 Å². The zero-order valence-electron chi connectivity index (χ0n) is 18.7. The number of likely N-dealkylation sites (tertiary alicyclic amines) is 1. The van der Waals surface area contributed by atoms with Gasteiger partial charge in [0.25, 0.3) is 0 Å². The molecule has 0 aliphatic carbocycles. The molecule has 2 aliphatic rings. The van der Waals surface area contributed by atoms with Crippen molar-refractivity contribution in [1.29, 1.82) is 0 Å². The van der Waals surface area contributed by atoms with Gasteiger partial charge in [0, 0.05) is 43.5 Å². The highest BCUT2D eigenvalue weighted by molar-refractivity contribution is 7.89. The number of carbonyl (C=O) groups is 1. The van der Waals surface area contributed by atoms with Crippen LogP contribution in [0.4, 0.5) is 0 Å². The van der Waals surface area contributed by atoms with Gasteiger partial charge in [-0.25, -0.2) is 8.42 Å². The van der Waals surface area contributed by atoms with E-state index in [1.807, 2.05) is 0 Å². The zero-order chi connectivity index (χ0) is 22.7. The van der Waals surface area contributed by atoms with Crippen LogP contribution in [0.15, 0.2) is 26.9 Å². The summed E-state index contributed by atoms with van der Waals surface area (Å²) >= 11 is 1.79. The van der Waals surface area contributed by atoms with Crippen LogP contribution in [0.1, 0.15) is 42.0 Å². The predicted octanol–water partition coefficient (Wildman–Crippen LogP) is 2.78. The summed E-state index contributed by atoms with van der Waals surface area (Å²) in [7, 11) is -3.65. The summed E-state index contributed by atoms with van der Waals surface area (Å²) in [6, 6.07) is 4.26. The van der Waals surface area contributed by atoms with E-state index in [2.05, 4.69) is 32.9 Å². The van der Waals surface area contributed by atoms with Crippen molar-refractivity contribution < 1.29 is 17.7 Å². The number of thiophene rings is 1. The molecule has 176 valence electrons. The third-order valence-corrected chi connectivity index (χ3v) is 9.52. The molecule has 10 heteroatoms. The molecule has 4 heterocycles. The molecule has 0 spiro atoms. The molecule has 0 bridgehead atoms. The highest BCUT2D eigenvalue weighted by Crippen LogP contribution is 2.28. The van der Waals surface area contributed by atoms with E-state index in [4.69, 9.17) is 4.52 Å². The van der Waals surface area contributed by atoms with Gasteiger partial charge in [-0.15, -0.1) is 11.3 Å². The van der Waals surface area contributed by atoms with E-state index in [0.29, 0.717) is 49.8 Å². The third-order valence-electron chi connectivity index (χ3n) is 6.52. The van der Waals surface area contributed by atoms with Crippen LogP contribution < -0.4 is 5.32 Å². The Morgan fingerprint density at radius 3 is 2.69 bits per heavy atom. The van der Waals surface area contributed by atoms with Crippen molar-refractivity contribution >= 4 is 27.3 Å². The number of carbonyl (C=O) groups excluding carboxylic acids is 1. The maximum Gasteiger partial charge on any atom is 0.248 e. The number of rotatable bonds is 7. The van der Waals surface area contributed by atoms with E-state index >= 15 is 0 Å². The van der Waals surface area contributed by atoms with E-state index in [1.165, 1.54) is 9.18 Å². The van der Waals surface area contributed by atoms with E-state index in [0.717, 1.165) is 32.5 Å². The molecular formula is C22H32N4O4S2.